The number of rotatable bonds is 9. The van der Waals surface area contributed by atoms with Gasteiger partial charge in [0.05, 0.1) is 29.0 Å². The van der Waals surface area contributed by atoms with Crippen molar-refractivity contribution in [1.82, 2.24) is 0 Å². The molecule has 43 heavy (non-hydrogen) atoms. The summed E-state index contributed by atoms with van der Waals surface area (Å²) in [5.41, 5.74) is 0.492. The van der Waals surface area contributed by atoms with Crippen LogP contribution in [-0.2, 0) is 20.5 Å². The molecule has 0 radical (unpaired) electrons. The van der Waals surface area contributed by atoms with Crippen molar-refractivity contribution in [2.75, 3.05) is 35.2 Å². The maximum absolute atomic E-state index is 13.1. The Morgan fingerprint density at radius 2 is 1.65 bits per heavy atom. The first-order valence-corrected chi connectivity index (χ1v) is 14.8. The number of hydrogen-bond donors (Lipinski definition) is 3. The molecule has 1 saturated carbocycles. The second kappa shape index (κ2) is 13.8. The molecule has 1 aliphatic carbocycles. The van der Waals surface area contributed by atoms with E-state index in [9.17, 15) is 32.7 Å². The minimum atomic E-state index is -4.52. The molecule has 2 aromatic carbocycles. The quantitative estimate of drug-likeness (QED) is 0.295. The predicted molar refractivity (Wildman–Crippen MR) is 158 cm³/mol. The lowest BCUT2D eigenvalue weighted by Crippen LogP contribution is -2.36. The summed E-state index contributed by atoms with van der Waals surface area (Å²) in [5.74, 6) is -0.960. The lowest BCUT2D eigenvalue weighted by molar-refractivity contribution is -0.142. The van der Waals surface area contributed by atoms with E-state index < -0.39 is 35.4 Å². The van der Waals surface area contributed by atoms with Gasteiger partial charge >= 0.3 is 12.1 Å². The first kappa shape index (κ1) is 32.3. The van der Waals surface area contributed by atoms with E-state index in [0.717, 1.165) is 49.2 Å². The number of halogens is 3. The van der Waals surface area contributed by atoms with E-state index in [0.29, 0.717) is 49.4 Å². The number of carbonyl (C=O) groups excluding carboxylic acids is 2. The van der Waals surface area contributed by atoms with Crippen LogP contribution in [0.15, 0.2) is 42.5 Å². The van der Waals surface area contributed by atoms with Gasteiger partial charge in [0.15, 0.2) is 0 Å². The molecule has 4 rings (SSSR count). The number of nitrogens with one attached hydrogen (secondary N) is 2. The number of amides is 2. The Bertz CT molecular complexity index is 1290. The molecule has 8 nitrogen and oxygen atoms in total. The second-order valence-corrected chi connectivity index (χ2v) is 12.1. The largest absolute Gasteiger partial charge is 0.481 e. The Kier molecular flexibility index (Phi) is 10.4. The number of nitrogens with zero attached hydrogens (tertiary/aromatic N) is 1. The number of carboxylic acids is 1. The lowest BCUT2D eigenvalue weighted by atomic mass is 9.75. The topological polar surface area (TPSA) is 108 Å². The summed E-state index contributed by atoms with van der Waals surface area (Å²) in [6.45, 7) is 7.37. The number of anilines is 3. The minimum Gasteiger partial charge on any atom is -0.481 e. The van der Waals surface area contributed by atoms with Gasteiger partial charge in [0.25, 0.3) is 5.91 Å². The van der Waals surface area contributed by atoms with Crippen LogP contribution in [0.1, 0.15) is 68.8 Å². The lowest BCUT2D eigenvalue weighted by Gasteiger charge is -2.37. The van der Waals surface area contributed by atoms with E-state index in [2.05, 4.69) is 31.4 Å². The highest BCUT2D eigenvalue weighted by Crippen LogP contribution is 2.36. The van der Waals surface area contributed by atoms with Gasteiger partial charge in [0.1, 0.15) is 6.61 Å². The first-order chi connectivity index (χ1) is 20.3. The number of ether oxygens (including phenoxy) is 1. The molecule has 3 N–H and O–H groups in total. The summed E-state index contributed by atoms with van der Waals surface area (Å²) < 4.78 is 45.0. The Labute approximate surface area is 250 Å². The fourth-order valence-electron chi connectivity index (χ4n) is 6.01. The summed E-state index contributed by atoms with van der Waals surface area (Å²) in [5, 5.41) is 14.9. The molecule has 2 aromatic rings. The van der Waals surface area contributed by atoms with Crippen LogP contribution < -0.4 is 15.5 Å². The highest BCUT2D eigenvalue weighted by Gasteiger charge is 2.32. The van der Waals surface area contributed by atoms with Crippen LogP contribution in [0.25, 0.3) is 0 Å². The Morgan fingerprint density at radius 1 is 0.977 bits per heavy atom. The molecule has 3 unspecified atom stereocenters. The maximum atomic E-state index is 13.1. The smallest absolute Gasteiger partial charge is 0.416 e. The molecular formula is C32H40F3N3O5. The van der Waals surface area contributed by atoms with Crippen LogP contribution in [0, 0.1) is 23.7 Å². The van der Waals surface area contributed by atoms with E-state index >= 15 is 0 Å². The van der Waals surface area contributed by atoms with Crippen LogP contribution in [0.4, 0.5) is 30.2 Å². The molecule has 2 fully saturated rings. The van der Waals surface area contributed by atoms with Gasteiger partial charge in [-0.1, -0.05) is 27.2 Å². The molecule has 3 atom stereocenters. The molecule has 0 bridgehead atoms. The van der Waals surface area contributed by atoms with Crippen molar-refractivity contribution in [3.63, 3.8) is 0 Å². The molecule has 1 saturated heterocycles. The van der Waals surface area contributed by atoms with Gasteiger partial charge in [-0.2, -0.15) is 13.2 Å². The Hall–Kier alpha value is -3.60. The van der Waals surface area contributed by atoms with E-state index in [1.165, 1.54) is 0 Å². The average molecular weight is 604 g/mol. The monoisotopic (exact) mass is 603 g/mol. The van der Waals surface area contributed by atoms with Gasteiger partial charge in [0.2, 0.25) is 5.91 Å². The number of benzene rings is 2. The third kappa shape index (κ3) is 8.49. The first-order valence-electron chi connectivity index (χ1n) is 14.8. The second-order valence-electron chi connectivity index (χ2n) is 12.1. The van der Waals surface area contributed by atoms with Crippen molar-refractivity contribution in [3.8, 4) is 0 Å². The molecule has 11 heteroatoms. The standard InChI is InChI=1S/C32H40F3N3O5/c1-19(2)25-10-4-20(3)16-28(25)43-18-29(39)36-27-17-24(38-14-12-22(13-15-38)31(41)42)9-11-26(27)37-30(40)21-5-7-23(8-6-21)32(33,34)35/h5-9,11,17,19-20,22,25,28H,4,10,12-16,18H2,1-3H3,(H,36,39)(H,37,40)(H,41,42). The van der Waals surface area contributed by atoms with Gasteiger partial charge in [-0.15, -0.1) is 0 Å². The molecular weight excluding hydrogens is 563 g/mol. The summed E-state index contributed by atoms with van der Waals surface area (Å²) in [6, 6.07) is 8.97. The third-order valence-electron chi connectivity index (χ3n) is 8.60. The van der Waals surface area contributed by atoms with Crippen LogP contribution in [0.5, 0.6) is 0 Å². The summed E-state index contributed by atoms with van der Waals surface area (Å²) in [7, 11) is 0. The normalized spacial score (nSPS) is 21.5. The maximum Gasteiger partial charge on any atom is 0.416 e. The van der Waals surface area contributed by atoms with Crippen molar-refractivity contribution >= 4 is 34.8 Å². The van der Waals surface area contributed by atoms with Gasteiger partial charge in [-0.25, -0.2) is 0 Å². The highest BCUT2D eigenvalue weighted by molar-refractivity contribution is 6.07. The number of carbonyl (C=O) groups is 3. The summed E-state index contributed by atoms with van der Waals surface area (Å²) >= 11 is 0. The number of piperidine rings is 1. The van der Waals surface area contributed by atoms with Crippen LogP contribution in [0.2, 0.25) is 0 Å². The van der Waals surface area contributed by atoms with E-state index in [1.54, 1.807) is 18.2 Å². The van der Waals surface area contributed by atoms with E-state index in [4.69, 9.17) is 4.74 Å². The summed E-state index contributed by atoms with van der Waals surface area (Å²) in [4.78, 5) is 39.5. The number of aliphatic carboxylic acids is 1. The van der Waals surface area contributed by atoms with E-state index in [-0.39, 0.29) is 24.0 Å². The number of hydrogen-bond acceptors (Lipinski definition) is 5. The van der Waals surface area contributed by atoms with Gasteiger partial charge in [-0.05, 0) is 85.9 Å². The zero-order chi connectivity index (χ0) is 31.3. The van der Waals surface area contributed by atoms with Crippen LogP contribution >= 0.6 is 0 Å². The fraction of sp³-hybridized carbons (Fsp3) is 0.531. The molecule has 1 heterocycles. The molecule has 0 spiro atoms. The third-order valence-corrected chi connectivity index (χ3v) is 8.60. The molecule has 234 valence electrons. The van der Waals surface area contributed by atoms with Gasteiger partial charge < -0.3 is 25.4 Å². The molecule has 2 aliphatic rings. The fourth-order valence-corrected chi connectivity index (χ4v) is 6.01. The van der Waals surface area contributed by atoms with Crippen LogP contribution in [0.3, 0.4) is 0 Å². The van der Waals surface area contributed by atoms with Crippen molar-refractivity contribution < 1.29 is 37.4 Å². The van der Waals surface area contributed by atoms with Crippen molar-refractivity contribution in [1.29, 1.82) is 0 Å². The van der Waals surface area contributed by atoms with Crippen molar-refractivity contribution in [2.45, 2.75) is 65.2 Å². The average Bonchev–Trinajstić information content (AvgIpc) is 2.96. The van der Waals surface area contributed by atoms with Crippen molar-refractivity contribution in [3.05, 3.63) is 53.6 Å². The zero-order valence-corrected chi connectivity index (χ0v) is 24.7. The predicted octanol–water partition coefficient (Wildman–Crippen LogP) is 6.67. The zero-order valence-electron chi connectivity index (χ0n) is 24.7. The molecule has 0 aromatic heterocycles. The van der Waals surface area contributed by atoms with Crippen molar-refractivity contribution in [2.24, 2.45) is 23.7 Å². The molecule has 2 amide bonds. The Morgan fingerprint density at radius 3 is 2.26 bits per heavy atom. The summed E-state index contributed by atoms with van der Waals surface area (Å²) in [6.07, 6.45) is -0.530. The van der Waals surface area contributed by atoms with Gasteiger partial charge in [-0.3, -0.25) is 14.4 Å². The highest BCUT2D eigenvalue weighted by atomic mass is 19.4. The Balaban J connectivity index is 1.51. The van der Waals surface area contributed by atoms with Gasteiger partial charge in [0, 0.05) is 24.3 Å². The molecule has 1 aliphatic heterocycles. The number of carboxylic acid groups (broad SMARTS) is 1. The van der Waals surface area contributed by atoms with E-state index in [1.807, 2.05) is 4.90 Å². The number of alkyl halides is 3. The van der Waals surface area contributed by atoms with Crippen LogP contribution in [-0.4, -0.2) is 48.7 Å². The minimum absolute atomic E-state index is 0.0274. The SMILES string of the molecule is CC1CCC(C(C)C)C(OCC(=O)Nc2cc(N3CCC(C(=O)O)CC3)ccc2NC(=O)c2ccc(C(F)(F)F)cc2)C1.